The van der Waals surface area contributed by atoms with Crippen LogP contribution in [0.15, 0.2) is 146 Å². The number of fused-ring (bicyclic) bond motifs is 6. The van der Waals surface area contributed by atoms with E-state index in [-0.39, 0.29) is 79.6 Å². The molecule has 0 radical (unpaired) electrons. The minimum absolute atomic E-state index is 0.0500. The predicted octanol–water partition coefficient (Wildman–Crippen LogP) is 11.3. The van der Waals surface area contributed by atoms with Gasteiger partial charge in [-0.05, 0) is 275 Å². The number of hydrogen-bond acceptors (Lipinski definition) is 20. The van der Waals surface area contributed by atoms with E-state index >= 15 is 0 Å². The van der Waals surface area contributed by atoms with Crippen LogP contribution in [0.3, 0.4) is 0 Å². The van der Waals surface area contributed by atoms with E-state index in [2.05, 4.69) is 128 Å². The van der Waals surface area contributed by atoms with Gasteiger partial charge in [-0.25, -0.2) is 4.79 Å². The third-order valence-corrected chi connectivity index (χ3v) is 33.7. The van der Waals surface area contributed by atoms with Gasteiger partial charge in [0, 0.05) is 85.3 Å². The van der Waals surface area contributed by atoms with Gasteiger partial charge >= 0.3 is 5.97 Å². The predicted molar refractivity (Wildman–Crippen MR) is 501 cm³/mol. The van der Waals surface area contributed by atoms with Gasteiger partial charge in [-0.2, -0.15) is 15.2 Å². The maximum absolute atomic E-state index is 14.0. The van der Waals surface area contributed by atoms with Gasteiger partial charge < -0.3 is 71.3 Å². The summed E-state index contributed by atoms with van der Waals surface area (Å²) in [6.07, 6.45) is 3.88. The molecule has 14 aliphatic rings. The van der Waals surface area contributed by atoms with Gasteiger partial charge in [-0.3, -0.25) is 38.5 Å². The molecule has 0 aromatic heterocycles. The van der Waals surface area contributed by atoms with E-state index in [1.165, 1.54) is 19.3 Å². The second-order valence-corrected chi connectivity index (χ2v) is 42.7. The molecule has 5 saturated heterocycles. The molecule has 5 aliphatic heterocycles. The number of carboxylic acids is 1. The number of amides is 5. The van der Waals surface area contributed by atoms with Gasteiger partial charge in [0.25, 0.3) is 11.8 Å². The van der Waals surface area contributed by atoms with Crippen LogP contribution in [-0.4, -0.2) is 265 Å². The minimum Gasteiger partial charge on any atom is -0.478 e. The van der Waals surface area contributed by atoms with Crippen LogP contribution in [0.2, 0.25) is 0 Å². The number of nitrogens with zero attached hydrogens (tertiary/aromatic N) is 7. The van der Waals surface area contributed by atoms with E-state index in [1.54, 1.807) is 54.2 Å². The summed E-state index contributed by atoms with van der Waals surface area (Å²) in [7, 11) is 8.23. The van der Waals surface area contributed by atoms with Gasteiger partial charge in [-0.15, -0.1) is 0 Å². The summed E-state index contributed by atoms with van der Waals surface area (Å²) in [5.74, 6) is 1.57. The molecule has 5 amide bonds. The zero-order chi connectivity index (χ0) is 93.9. The summed E-state index contributed by atoms with van der Waals surface area (Å²) in [6, 6.07) is 44.8. The first-order chi connectivity index (χ1) is 62.3. The average Bonchev–Trinajstić information content (AvgIpc) is 1.31. The Bertz CT molecular complexity index is 4850. The van der Waals surface area contributed by atoms with Gasteiger partial charge in [0.1, 0.15) is 36.4 Å². The van der Waals surface area contributed by atoms with Crippen molar-refractivity contribution in [2.45, 2.75) is 239 Å². The molecular formula is C105H144N10O16. The van der Waals surface area contributed by atoms with Crippen molar-refractivity contribution in [3.05, 3.63) is 179 Å². The van der Waals surface area contributed by atoms with E-state index in [9.17, 15) is 64.5 Å². The second-order valence-electron chi connectivity index (χ2n) is 42.7. The second kappa shape index (κ2) is 39.9. The first-order valence-electron chi connectivity index (χ1n) is 48.1. The van der Waals surface area contributed by atoms with Crippen molar-refractivity contribution in [3.63, 3.8) is 0 Å². The lowest BCUT2D eigenvalue weighted by Crippen LogP contribution is -2.62. The quantitative estimate of drug-likeness (QED) is 0.0241. The SMILES string of the molecule is C[C@@H]1[C@@H](NC(=O)[C@@H]2[C@H]([C@H](C)O)[C@H](CO)ON2Cc2cccc(-c3cccc(C(=O)N4CC[C@@H](N(C)C)C4)c3)c2)C[C@H]2C[C@@H]1C2(C)C.C[C@@H]1[C@@H](NC(=O)[C@@H]2[C@H]([C@H](C)O)[C@H](CO)ON2Cc2cccc(-c3cccc(C(=O)N4CC[C@@H](N(C)C)C4)c3)c2)C[C@H]2C[C@@H]1C2(C)C.C[C@@H]1[C@@H](NC(=O)[C@@H]2[C@H]([C@H](C)O)[C@H](CO)ON2Cc2cccc(-c3cccc(C(=O)O)c3)c2)C[C@H]2C[C@@H]1C2(C)C. The highest BCUT2D eigenvalue weighted by Crippen LogP contribution is 2.64. The third kappa shape index (κ3) is 19.9. The topological polar surface area (TPSA) is 330 Å². The summed E-state index contributed by atoms with van der Waals surface area (Å²) in [5, 5.41) is 86.9. The van der Waals surface area contributed by atoms with E-state index in [1.807, 2.05) is 125 Å². The number of likely N-dealkylation sites (tertiary alicyclic amines) is 2. The van der Waals surface area contributed by atoms with Gasteiger partial charge in [0.15, 0.2) is 0 Å². The molecule has 9 saturated carbocycles. The number of likely N-dealkylation sites (N-methyl/N-ethyl adjacent to an activating group) is 2. The first-order valence-corrected chi connectivity index (χ1v) is 48.1. The van der Waals surface area contributed by atoms with Gasteiger partial charge in [-0.1, -0.05) is 153 Å². The number of nitrogens with one attached hydrogen (secondary N) is 3. The lowest BCUT2D eigenvalue weighted by Gasteiger charge is -2.62. The van der Waals surface area contributed by atoms with Crippen molar-refractivity contribution in [2.24, 2.45) is 87.3 Å². The smallest absolute Gasteiger partial charge is 0.335 e. The molecule has 9 aliphatic carbocycles. The normalized spacial score (nSPS) is 32.6. The van der Waals surface area contributed by atoms with Crippen molar-refractivity contribution in [2.75, 3.05) is 74.2 Å². The molecule has 6 aromatic rings. The standard InChI is InChI=1S/2C37H52N4O5.C31H40N2O6/c2*1-22-30-17-28(37(30,3)4)18-31(22)38-35(44)34-33(23(2)43)32(21-42)46-41(34)19-24-9-7-10-25(15-24)26-11-8-12-27(16-26)36(45)40-14-13-29(20-40)39(5)6;1-17-24-13-23(31(24,3)4)14-25(17)32-29(36)28-27(18(2)35)26(16-34)39-33(28)15-19-7-5-8-20(11-19)21-9-6-10-22(12-21)30(37)38/h2*7-12,15-16,22-23,28-34,42-43H,13-14,17-21H2,1-6H3,(H,38,44);5-12,17-18,23-28,34-35H,13-16H2,1-4H3,(H,32,36)(H,37,38)/t2*22-,23-,28+,29+,30-,31-,32-,33+,34-;17-,18-,23+,24-,25-,26-,27+,28-/m000/s1. The van der Waals surface area contributed by atoms with Crippen LogP contribution in [0.5, 0.6) is 0 Å². The van der Waals surface area contributed by atoms with Crippen LogP contribution in [0, 0.1) is 87.3 Å². The Morgan fingerprint density at radius 1 is 0.405 bits per heavy atom. The highest BCUT2D eigenvalue weighted by molar-refractivity contribution is 5.97. The monoisotopic (exact) mass is 1800 g/mol. The number of carbonyl (C=O) groups excluding carboxylic acids is 5. The van der Waals surface area contributed by atoms with Gasteiger partial charge in [0.2, 0.25) is 17.7 Å². The largest absolute Gasteiger partial charge is 0.478 e. The van der Waals surface area contributed by atoms with Crippen LogP contribution in [-0.2, 0) is 48.5 Å². The van der Waals surface area contributed by atoms with E-state index in [0.29, 0.717) is 106 Å². The lowest BCUT2D eigenvalue weighted by molar-refractivity contribution is -0.183. The Hall–Kier alpha value is -8.42. The van der Waals surface area contributed by atoms with Crippen molar-refractivity contribution in [1.29, 1.82) is 0 Å². The molecule has 5 heterocycles. The Labute approximate surface area is 774 Å². The fourth-order valence-corrected chi connectivity index (χ4v) is 25.1. The molecule has 20 rings (SSSR count). The third-order valence-electron chi connectivity index (χ3n) is 33.7. The number of benzene rings is 6. The zero-order valence-electron chi connectivity index (χ0n) is 79.5. The average molecular weight is 1800 g/mol. The van der Waals surface area contributed by atoms with Crippen LogP contribution >= 0.6 is 0 Å². The van der Waals surface area contributed by atoms with Crippen LogP contribution in [0.1, 0.15) is 182 Å². The highest BCUT2D eigenvalue weighted by atomic mass is 16.7. The van der Waals surface area contributed by atoms with E-state index < -0.39 is 78.5 Å². The molecule has 26 nitrogen and oxygen atoms in total. The molecule has 26 heteroatoms. The number of aromatic carboxylic acids is 1. The minimum atomic E-state index is -0.986. The van der Waals surface area contributed by atoms with E-state index in [4.69, 9.17) is 14.5 Å². The molecule has 10 N–H and O–H groups in total. The Balaban J connectivity index is 0.000000151. The molecule has 710 valence electrons. The van der Waals surface area contributed by atoms with Crippen LogP contribution in [0.25, 0.3) is 33.4 Å². The van der Waals surface area contributed by atoms with E-state index in [0.717, 1.165) is 108 Å². The fourth-order valence-electron chi connectivity index (χ4n) is 25.1. The summed E-state index contributed by atoms with van der Waals surface area (Å²) >= 11 is 0. The Morgan fingerprint density at radius 3 is 0.916 bits per heavy atom. The fraction of sp³-hybridized carbons (Fsp3) is 0.600. The summed E-state index contributed by atoms with van der Waals surface area (Å²) < 4.78 is 0. The molecule has 6 bridgehead atoms. The van der Waals surface area contributed by atoms with Crippen molar-refractivity contribution in [1.82, 2.24) is 50.7 Å². The van der Waals surface area contributed by atoms with Crippen LogP contribution < -0.4 is 16.0 Å². The van der Waals surface area contributed by atoms with Crippen molar-refractivity contribution in [3.8, 4) is 33.4 Å². The Morgan fingerprint density at radius 2 is 0.672 bits per heavy atom. The lowest BCUT2D eigenvalue weighted by atomic mass is 9.45. The molecular weight excluding hydrogens is 1660 g/mol. The number of hydroxylamine groups is 6. The Kier molecular flexibility index (Phi) is 29.6. The number of aliphatic hydroxyl groups excluding tert-OH is 6. The summed E-state index contributed by atoms with van der Waals surface area (Å²) in [6.45, 7) is 28.7. The zero-order valence-corrected chi connectivity index (χ0v) is 79.5. The number of rotatable bonds is 26. The molecule has 0 spiro atoms. The van der Waals surface area contributed by atoms with Gasteiger partial charge in [0.05, 0.1) is 63.3 Å². The summed E-state index contributed by atoms with van der Waals surface area (Å²) in [5.41, 5.74) is 10.6. The number of carbonyl (C=O) groups is 6. The van der Waals surface area contributed by atoms with Crippen molar-refractivity contribution >= 4 is 35.5 Å². The number of aliphatic hydroxyl groups is 6. The number of carboxylic acid groups (broad SMARTS) is 1. The van der Waals surface area contributed by atoms with Crippen LogP contribution in [0.4, 0.5) is 0 Å². The molecule has 6 aromatic carbocycles. The molecule has 0 unspecified atom stereocenters. The maximum atomic E-state index is 14.0. The first kappa shape index (κ1) is 97.1. The molecule has 26 atom stereocenters. The highest BCUT2D eigenvalue weighted by Gasteiger charge is 2.61. The molecule has 14 fully saturated rings. The maximum Gasteiger partial charge on any atom is 0.335 e. The summed E-state index contributed by atoms with van der Waals surface area (Å²) in [4.78, 5) is 107. The number of hydrogen-bond donors (Lipinski definition) is 10. The molecule has 131 heavy (non-hydrogen) atoms. The van der Waals surface area contributed by atoms with Crippen molar-refractivity contribution < 1.29 is 79.0 Å².